The summed E-state index contributed by atoms with van der Waals surface area (Å²) >= 11 is 0. The fourth-order valence-corrected chi connectivity index (χ4v) is 6.56. The second-order valence-electron chi connectivity index (χ2n) is 13.0. The molecule has 0 aliphatic heterocycles. The first-order valence-corrected chi connectivity index (χ1v) is 15.3. The number of unbranched alkanes of at least 4 members (excludes halogenated alkanes) is 4. The van der Waals surface area contributed by atoms with Crippen LogP contribution in [0.2, 0.25) is 0 Å². The van der Waals surface area contributed by atoms with Gasteiger partial charge in [0.25, 0.3) is 0 Å². The van der Waals surface area contributed by atoms with E-state index in [-0.39, 0.29) is 34.4 Å². The van der Waals surface area contributed by atoms with Gasteiger partial charge in [0.2, 0.25) is 0 Å². The molecule has 7 nitrogen and oxygen atoms in total. The number of esters is 1. The third-order valence-electron chi connectivity index (χ3n) is 9.85. The minimum atomic E-state index is -0.823. The summed E-state index contributed by atoms with van der Waals surface area (Å²) < 4.78 is 17.1. The lowest BCUT2D eigenvalue weighted by atomic mass is 9.70. The fourth-order valence-electron chi connectivity index (χ4n) is 6.56. The van der Waals surface area contributed by atoms with Crippen LogP contribution in [0.25, 0.3) is 0 Å². The zero-order chi connectivity index (χ0) is 29.5. The molecule has 4 atom stereocenters. The average molecular weight is 558 g/mol. The number of rotatable bonds is 15. The van der Waals surface area contributed by atoms with Crippen LogP contribution in [0.15, 0.2) is 18.2 Å². The first-order valence-electron chi connectivity index (χ1n) is 15.3. The number of nitrogens with one attached hydrogen (secondary N) is 1. The van der Waals surface area contributed by atoms with E-state index in [1.165, 1.54) is 32.8 Å². The zero-order valence-electron chi connectivity index (χ0n) is 25.8. The Balaban J connectivity index is 1.53. The topological polar surface area (TPSA) is 90.9 Å². The molecule has 2 aliphatic rings. The van der Waals surface area contributed by atoms with Crippen LogP contribution < -0.4 is 14.8 Å². The number of fused-ring (bicyclic) bond motifs is 2. The quantitative estimate of drug-likeness (QED) is 0.178. The zero-order valence-corrected chi connectivity index (χ0v) is 25.8. The molecule has 1 N–H and O–H groups in total. The summed E-state index contributed by atoms with van der Waals surface area (Å²) in [5.41, 5.74) is 1.01. The van der Waals surface area contributed by atoms with Crippen LogP contribution in [-0.2, 0) is 20.7 Å². The summed E-state index contributed by atoms with van der Waals surface area (Å²) in [6.45, 7) is 12.7. The van der Waals surface area contributed by atoms with Crippen molar-refractivity contribution in [1.82, 2.24) is 5.32 Å². The highest BCUT2D eigenvalue weighted by Gasteiger charge is 2.63. The Morgan fingerprint density at radius 2 is 1.75 bits per heavy atom. The predicted octanol–water partition coefficient (Wildman–Crippen LogP) is 7.43. The molecule has 0 spiro atoms. The van der Waals surface area contributed by atoms with E-state index in [9.17, 15) is 14.4 Å². The standard InChI is InChI=1S/C33H51NO6/c1-8-9-10-11-12-13-25(35)16-14-23-15-17-26(27(20-23)38-7)39-31(37)34-29(22(2)3)30(36)40-28-21-24-18-19-33(28,6)32(24,4)5/h15,17,20,22,24,28-29H,8-14,16,18-19,21H2,1-7H3,(H,34,37)/t24?,28?,29-,33?/m0/s1. The van der Waals surface area contributed by atoms with Crippen LogP contribution in [0, 0.1) is 22.7 Å². The Labute approximate surface area is 241 Å². The highest BCUT2D eigenvalue weighted by Crippen LogP contribution is 2.66. The van der Waals surface area contributed by atoms with Crippen molar-refractivity contribution in [2.75, 3.05) is 7.11 Å². The van der Waals surface area contributed by atoms with Crippen LogP contribution in [0.5, 0.6) is 11.5 Å². The van der Waals surface area contributed by atoms with Gasteiger partial charge in [0.05, 0.1) is 7.11 Å². The van der Waals surface area contributed by atoms with E-state index in [0.717, 1.165) is 31.2 Å². The summed E-state index contributed by atoms with van der Waals surface area (Å²) in [6.07, 6.45) is 9.59. The van der Waals surface area contributed by atoms with E-state index in [0.29, 0.717) is 30.9 Å². The summed E-state index contributed by atoms with van der Waals surface area (Å²) in [5, 5.41) is 2.72. The molecule has 0 radical (unpaired) electrons. The van der Waals surface area contributed by atoms with Gasteiger partial charge in [0, 0.05) is 18.3 Å². The Morgan fingerprint density at radius 1 is 1.02 bits per heavy atom. The van der Waals surface area contributed by atoms with Gasteiger partial charge in [0.1, 0.15) is 17.9 Å². The number of Topliss-reactive ketones (excluding diaryl/α,β-unsaturated/α-hetero) is 1. The molecule has 0 aromatic heterocycles. The van der Waals surface area contributed by atoms with Gasteiger partial charge in [-0.15, -0.1) is 0 Å². The molecule has 1 aromatic rings. The average Bonchev–Trinajstić information content (AvgIpc) is 3.24. The molecule has 0 heterocycles. The van der Waals surface area contributed by atoms with Crippen molar-refractivity contribution in [3.63, 3.8) is 0 Å². The maximum absolute atomic E-state index is 13.2. The second kappa shape index (κ2) is 13.9. The normalized spacial score (nSPS) is 23.6. The molecule has 1 aromatic carbocycles. The molecule has 3 unspecified atom stereocenters. The number of benzene rings is 1. The molecular weight excluding hydrogens is 506 g/mol. The molecule has 2 aliphatic carbocycles. The molecule has 1 amide bonds. The molecule has 3 rings (SSSR count). The summed E-state index contributed by atoms with van der Waals surface area (Å²) in [6, 6.07) is 4.48. The van der Waals surface area contributed by atoms with Gasteiger partial charge < -0.3 is 19.5 Å². The Hall–Kier alpha value is -2.57. The lowest BCUT2D eigenvalue weighted by Gasteiger charge is -2.39. The third kappa shape index (κ3) is 7.38. The van der Waals surface area contributed by atoms with Crippen LogP contribution >= 0.6 is 0 Å². The number of hydrogen-bond donors (Lipinski definition) is 1. The maximum Gasteiger partial charge on any atom is 0.413 e. The lowest BCUT2D eigenvalue weighted by molar-refractivity contribution is -0.160. The number of amides is 1. The first-order chi connectivity index (χ1) is 18.9. The highest BCUT2D eigenvalue weighted by atomic mass is 16.6. The lowest BCUT2D eigenvalue weighted by Crippen LogP contribution is -2.49. The fraction of sp³-hybridized carbons (Fsp3) is 0.727. The third-order valence-corrected chi connectivity index (χ3v) is 9.85. The smallest absolute Gasteiger partial charge is 0.413 e. The second-order valence-corrected chi connectivity index (χ2v) is 13.0. The van der Waals surface area contributed by atoms with E-state index < -0.39 is 18.1 Å². The maximum atomic E-state index is 13.2. The minimum absolute atomic E-state index is 0.0519. The number of hydrogen-bond acceptors (Lipinski definition) is 6. The highest BCUT2D eigenvalue weighted by molar-refractivity contribution is 5.83. The number of carbonyl (C=O) groups is 3. The predicted molar refractivity (Wildman–Crippen MR) is 157 cm³/mol. The number of methoxy groups -OCH3 is 1. The van der Waals surface area contributed by atoms with Crippen LogP contribution in [0.1, 0.15) is 111 Å². The van der Waals surface area contributed by atoms with Crippen molar-refractivity contribution in [1.29, 1.82) is 0 Å². The van der Waals surface area contributed by atoms with Crippen molar-refractivity contribution in [3.8, 4) is 11.5 Å². The molecule has 0 saturated heterocycles. The van der Waals surface area contributed by atoms with Crippen molar-refractivity contribution in [3.05, 3.63) is 23.8 Å². The SMILES string of the molecule is CCCCCCCC(=O)CCc1ccc(OC(=O)N[C@H](C(=O)OC2CC3CCC2(C)C3(C)C)C(C)C)c(OC)c1. The number of ether oxygens (including phenoxy) is 3. The monoisotopic (exact) mass is 557 g/mol. The number of carbonyl (C=O) groups excluding carboxylic acids is 3. The number of aryl methyl sites for hydroxylation is 1. The van der Waals surface area contributed by atoms with Gasteiger partial charge in [0.15, 0.2) is 11.5 Å². The first kappa shape index (κ1) is 32.0. The Morgan fingerprint density at radius 3 is 2.35 bits per heavy atom. The van der Waals surface area contributed by atoms with Crippen LogP contribution in [0.3, 0.4) is 0 Å². The van der Waals surface area contributed by atoms with E-state index in [2.05, 4.69) is 33.0 Å². The van der Waals surface area contributed by atoms with E-state index >= 15 is 0 Å². The summed E-state index contributed by atoms with van der Waals surface area (Å²) in [5.74, 6) is 0.885. The molecular formula is C33H51NO6. The molecule has 224 valence electrons. The Kier molecular flexibility index (Phi) is 11.1. The van der Waals surface area contributed by atoms with Gasteiger partial charge in [-0.3, -0.25) is 4.79 Å². The van der Waals surface area contributed by atoms with E-state index in [4.69, 9.17) is 14.2 Å². The molecule has 7 heteroatoms. The van der Waals surface area contributed by atoms with Gasteiger partial charge in [-0.05, 0) is 67.1 Å². The molecule has 2 bridgehead atoms. The summed E-state index contributed by atoms with van der Waals surface area (Å²) in [4.78, 5) is 38.4. The Bertz CT molecular complexity index is 1030. The van der Waals surface area contributed by atoms with Crippen LogP contribution in [0.4, 0.5) is 4.79 Å². The van der Waals surface area contributed by atoms with Gasteiger partial charge in [-0.25, -0.2) is 9.59 Å². The molecule has 2 fully saturated rings. The largest absolute Gasteiger partial charge is 0.493 e. The van der Waals surface area contributed by atoms with Gasteiger partial charge >= 0.3 is 12.1 Å². The van der Waals surface area contributed by atoms with Crippen molar-refractivity contribution < 1.29 is 28.6 Å². The van der Waals surface area contributed by atoms with Crippen molar-refractivity contribution >= 4 is 17.8 Å². The number of ketones is 1. The van der Waals surface area contributed by atoms with E-state index in [1.807, 2.05) is 19.9 Å². The molecule has 40 heavy (non-hydrogen) atoms. The molecule has 2 saturated carbocycles. The van der Waals surface area contributed by atoms with Crippen LogP contribution in [-0.4, -0.2) is 37.1 Å². The summed E-state index contributed by atoms with van der Waals surface area (Å²) in [7, 11) is 1.51. The van der Waals surface area contributed by atoms with Gasteiger partial charge in [-0.1, -0.05) is 73.3 Å². The van der Waals surface area contributed by atoms with Gasteiger partial charge in [-0.2, -0.15) is 0 Å². The van der Waals surface area contributed by atoms with Crippen molar-refractivity contribution in [2.24, 2.45) is 22.7 Å². The minimum Gasteiger partial charge on any atom is -0.493 e. The van der Waals surface area contributed by atoms with Crippen molar-refractivity contribution in [2.45, 2.75) is 124 Å². The van der Waals surface area contributed by atoms with E-state index in [1.54, 1.807) is 12.1 Å².